The van der Waals surface area contributed by atoms with E-state index in [1.165, 1.54) is 6.20 Å². The number of pyridine rings is 1. The molecule has 1 aromatic heterocycles. The molecule has 5 nitrogen and oxygen atoms in total. The molecule has 1 unspecified atom stereocenters. The van der Waals surface area contributed by atoms with E-state index >= 15 is 0 Å². The molecule has 0 N–H and O–H groups in total. The molecule has 0 aliphatic rings. The van der Waals surface area contributed by atoms with Crippen molar-refractivity contribution in [2.45, 2.75) is 12.5 Å². The molecule has 2 aromatic rings. The normalized spacial score (nSPS) is 12.1. The molecule has 0 saturated heterocycles. The molecule has 1 atom stereocenters. The van der Waals surface area contributed by atoms with Gasteiger partial charge in [-0.25, -0.2) is 0 Å². The van der Waals surface area contributed by atoms with Crippen molar-refractivity contribution in [3.63, 3.8) is 0 Å². The molecule has 7 heteroatoms. The number of alkyl halides is 1. The Balaban J connectivity index is 2.34. The van der Waals surface area contributed by atoms with Gasteiger partial charge in [0.2, 0.25) is 0 Å². The third-order valence-corrected chi connectivity index (χ3v) is 4.45. The van der Waals surface area contributed by atoms with Crippen LogP contribution in [0.1, 0.15) is 11.5 Å². The van der Waals surface area contributed by atoms with E-state index in [0.29, 0.717) is 11.9 Å². The van der Waals surface area contributed by atoms with Crippen LogP contribution in [0.4, 0.5) is 5.69 Å². The zero-order valence-electron chi connectivity index (χ0n) is 10.9. The predicted molar refractivity (Wildman–Crippen MR) is 88.0 cm³/mol. The SMILES string of the molecule is O=c1c(Br)cn(CC(CBr)c2ccccc2)cc1[N+](=O)[O-]. The van der Waals surface area contributed by atoms with Gasteiger partial charge in [-0.1, -0.05) is 46.3 Å². The largest absolute Gasteiger partial charge is 0.346 e. The van der Waals surface area contributed by atoms with Gasteiger partial charge >= 0.3 is 5.69 Å². The second-order valence-electron chi connectivity index (χ2n) is 4.54. The van der Waals surface area contributed by atoms with Gasteiger partial charge in [0.25, 0.3) is 5.43 Å². The van der Waals surface area contributed by atoms with Gasteiger partial charge in [0.15, 0.2) is 0 Å². The smallest absolute Gasteiger partial charge is 0.333 e. The average Bonchev–Trinajstić information content (AvgIpc) is 2.48. The number of aromatic nitrogens is 1. The molecule has 0 amide bonds. The number of nitrogens with zero attached hydrogens (tertiary/aromatic N) is 2. The van der Waals surface area contributed by atoms with Crippen LogP contribution < -0.4 is 5.43 Å². The molecular formula is C14H12Br2N2O3. The molecule has 0 fully saturated rings. The lowest BCUT2D eigenvalue weighted by Crippen LogP contribution is -2.16. The molecule has 1 heterocycles. The number of hydrogen-bond donors (Lipinski definition) is 0. The van der Waals surface area contributed by atoms with Crippen molar-refractivity contribution in [1.29, 1.82) is 0 Å². The van der Waals surface area contributed by atoms with Crippen molar-refractivity contribution in [3.05, 3.63) is 73.1 Å². The molecular weight excluding hydrogens is 404 g/mol. The van der Waals surface area contributed by atoms with Crippen molar-refractivity contribution in [3.8, 4) is 0 Å². The van der Waals surface area contributed by atoms with Crippen LogP contribution in [0.15, 0.2) is 52.0 Å². The van der Waals surface area contributed by atoms with Gasteiger partial charge in [-0.05, 0) is 21.5 Å². The molecule has 0 aliphatic carbocycles. The first-order valence-corrected chi connectivity index (χ1v) is 8.09. The standard InChI is InChI=1S/C14H12Br2N2O3/c15-6-11(10-4-2-1-3-5-10)7-17-8-12(16)14(19)13(9-17)18(20)21/h1-5,8-9,11H,6-7H2. The predicted octanol–water partition coefficient (Wildman–Crippen LogP) is 3.70. The first-order valence-electron chi connectivity index (χ1n) is 6.17. The zero-order chi connectivity index (χ0) is 15.4. The van der Waals surface area contributed by atoms with Gasteiger partial charge in [-0.2, -0.15) is 0 Å². The first-order chi connectivity index (χ1) is 10.0. The Morgan fingerprint density at radius 2 is 1.90 bits per heavy atom. The summed E-state index contributed by atoms with van der Waals surface area (Å²) in [7, 11) is 0. The van der Waals surface area contributed by atoms with Crippen molar-refractivity contribution in [1.82, 2.24) is 4.57 Å². The van der Waals surface area contributed by atoms with Gasteiger partial charge in [0, 0.05) is 24.0 Å². The Labute approximate surface area is 138 Å². The highest BCUT2D eigenvalue weighted by molar-refractivity contribution is 9.10. The van der Waals surface area contributed by atoms with Crippen molar-refractivity contribution in [2.24, 2.45) is 0 Å². The fourth-order valence-electron chi connectivity index (χ4n) is 2.04. The molecule has 21 heavy (non-hydrogen) atoms. The molecule has 0 bridgehead atoms. The van der Waals surface area contributed by atoms with Gasteiger partial charge in [0.05, 0.1) is 15.6 Å². The summed E-state index contributed by atoms with van der Waals surface area (Å²) in [5, 5.41) is 11.6. The summed E-state index contributed by atoms with van der Waals surface area (Å²) < 4.78 is 1.86. The lowest BCUT2D eigenvalue weighted by atomic mass is 10.0. The van der Waals surface area contributed by atoms with Crippen molar-refractivity contribution in [2.75, 3.05) is 5.33 Å². The number of rotatable bonds is 5. The minimum Gasteiger partial charge on any atom is -0.346 e. The summed E-state index contributed by atoms with van der Waals surface area (Å²) >= 11 is 6.55. The Hall–Kier alpha value is -1.47. The summed E-state index contributed by atoms with van der Waals surface area (Å²) in [4.78, 5) is 21.9. The van der Waals surface area contributed by atoms with E-state index in [0.717, 1.165) is 5.56 Å². The number of benzene rings is 1. The maximum Gasteiger partial charge on any atom is 0.333 e. The van der Waals surface area contributed by atoms with E-state index in [9.17, 15) is 14.9 Å². The van der Waals surface area contributed by atoms with Crippen LogP contribution in [0.2, 0.25) is 0 Å². The van der Waals surface area contributed by atoms with Crippen molar-refractivity contribution >= 4 is 37.5 Å². The highest BCUT2D eigenvalue weighted by Gasteiger charge is 2.18. The maximum atomic E-state index is 11.7. The van der Waals surface area contributed by atoms with Crippen molar-refractivity contribution < 1.29 is 4.92 Å². The quantitative estimate of drug-likeness (QED) is 0.424. The third-order valence-electron chi connectivity index (χ3n) is 3.10. The molecule has 1 aromatic carbocycles. The minimum atomic E-state index is -0.657. The molecule has 2 rings (SSSR count). The molecule has 0 radical (unpaired) electrons. The van der Waals surface area contributed by atoms with Crippen LogP contribution in [-0.4, -0.2) is 14.8 Å². The summed E-state index contributed by atoms with van der Waals surface area (Å²) in [5.74, 6) is 0.153. The van der Waals surface area contributed by atoms with Gasteiger partial charge < -0.3 is 4.57 Å². The summed E-state index contributed by atoms with van der Waals surface area (Å²) in [6.45, 7) is 0.537. The first kappa shape index (κ1) is 15.9. The zero-order valence-corrected chi connectivity index (χ0v) is 14.1. The average molecular weight is 416 g/mol. The van der Waals surface area contributed by atoms with E-state index in [-0.39, 0.29) is 10.4 Å². The number of hydrogen-bond acceptors (Lipinski definition) is 3. The van der Waals surface area contributed by atoms with Gasteiger partial charge in [0.1, 0.15) is 0 Å². The Kier molecular flexibility index (Phi) is 5.30. The van der Waals surface area contributed by atoms with Crippen LogP contribution in [0.25, 0.3) is 0 Å². The number of halogens is 2. The molecule has 0 aliphatic heterocycles. The second kappa shape index (κ2) is 7.00. The summed E-state index contributed by atoms with van der Waals surface area (Å²) in [6, 6.07) is 9.87. The summed E-state index contributed by atoms with van der Waals surface area (Å²) in [5.41, 5.74) is 0.101. The molecule has 0 spiro atoms. The molecule has 110 valence electrons. The third kappa shape index (κ3) is 3.79. The van der Waals surface area contributed by atoms with E-state index in [1.807, 2.05) is 30.3 Å². The topological polar surface area (TPSA) is 65.1 Å². The summed E-state index contributed by atoms with van der Waals surface area (Å²) in [6.07, 6.45) is 2.86. The monoisotopic (exact) mass is 414 g/mol. The lowest BCUT2D eigenvalue weighted by molar-refractivity contribution is -0.386. The van der Waals surface area contributed by atoms with Crippen LogP contribution in [0.3, 0.4) is 0 Å². The maximum absolute atomic E-state index is 11.7. The van der Waals surface area contributed by atoms with Gasteiger partial charge in [-0.3, -0.25) is 14.9 Å². The minimum absolute atomic E-state index is 0.153. The fraction of sp³-hybridized carbons (Fsp3) is 0.214. The Morgan fingerprint density at radius 1 is 1.24 bits per heavy atom. The Bertz CT molecular complexity index is 701. The van der Waals surface area contributed by atoms with Crippen LogP contribution >= 0.6 is 31.9 Å². The second-order valence-corrected chi connectivity index (χ2v) is 6.04. The van der Waals surface area contributed by atoms with Gasteiger partial charge in [-0.15, -0.1) is 0 Å². The molecule has 0 saturated carbocycles. The van der Waals surface area contributed by atoms with Crippen LogP contribution in [-0.2, 0) is 6.54 Å². The van der Waals surface area contributed by atoms with E-state index in [4.69, 9.17) is 0 Å². The highest BCUT2D eigenvalue weighted by Crippen LogP contribution is 2.21. The van der Waals surface area contributed by atoms with E-state index in [2.05, 4.69) is 31.9 Å². The number of nitro groups is 1. The van der Waals surface area contributed by atoms with Crippen LogP contribution in [0, 0.1) is 10.1 Å². The van der Waals surface area contributed by atoms with E-state index in [1.54, 1.807) is 10.8 Å². The van der Waals surface area contributed by atoms with E-state index < -0.39 is 16.0 Å². The highest BCUT2D eigenvalue weighted by atomic mass is 79.9. The lowest BCUT2D eigenvalue weighted by Gasteiger charge is -2.16. The fourth-order valence-corrected chi connectivity index (χ4v) is 3.08. The Morgan fingerprint density at radius 3 is 2.48 bits per heavy atom. The van der Waals surface area contributed by atoms with Crippen LogP contribution in [0.5, 0.6) is 0 Å².